The highest BCUT2D eigenvalue weighted by atomic mass is 16.4. The molecule has 0 unspecified atom stereocenters. The van der Waals surface area contributed by atoms with Gasteiger partial charge in [-0.05, 0) is 0 Å². The Hall–Kier alpha value is -0.730. The van der Waals surface area contributed by atoms with Crippen molar-refractivity contribution >= 4 is 6.29 Å². The van der Waals surface area contributed by atoms with Crippen LogP contribution in [0.25, 0.3) is 0 Å². The first-order chi connectivity index (χ1) is 10.7. The van der Waals surface area contributed by atoms with Crippen molar-refractivity contribution in [3.63, 3.8) is 0 Å². The van der Waals surface area contributed by atoms with E-state index in [1.165, 1.54) is 0 Å². The molecule has 0 saturated carbocycles. The summed E-state index contributed by atoms with van der Waals surface area (Å²) in [5, 5.41) is 85.7. The smallest absolute Gasteiger partial charge is 0.139 e. The number of nitrogens with one attached hydrogen (secondary N) is 1. The maximum Gasteiger partial charge on any atom is 0.139 e. The molecule has 0 aromatic heterocycles. The molecule has 138 valence electrons. The van der Waals surface area contributed by atoms with Crippen LogP contribution in [0, 0.1) is 0 Å². The average Bonchev–Trinajstić information content (AvgIpc) is 2.57. The molecule has 23 heavy (non-hydrogen) atoms. The minimum atomic E-state index is -1.86. The van der Waals surface area contributed by atoms with E-state index >= 15 is 0 Å². The fourth-order valence-electron chi connectivity index (χ4n) is 1.74. The van der Waals surface area contributed by atoms with Crippen LogP contribution in [0.5, 0.6) is 0 Å². The summed E-state index contributed by atoms with van der Waals surface area (Å²) in [7, 11) is 0. The number of aldehydes is 1. The normalized spacial score (nSPS) is 22.5. The number of rotatable bonds is 12. The third-order valence-electron chi connectivity index (χ3n) is 3.33. The zero-order chi connectivity index (χ0) is 18.2. The number of hydrogen-bond acceptors (Lipinski definition) is 11. The van der Waals surface area contributed by atoms with E-state index in [0.717, 1.165) is 0 Å². The summed E-state index contributed by atoms with van der Waals surface area (Å²) in [6, 6.07) is -1.45. The van der Waals surface area contributed by atoms with E-state index in [2.05, 4.69) is 5.32 Å². The van der Waals surface area contributed by atoms with Gasteiger partial charge >= 0.3 is 0 Å². The van der Waals surface area contributed by atoms with Crippen molar-refractivity contribution in [3.8, 4) is 0 Å². The van der Waals surface area contributed by atoms with E-state index in [4.69, 9.17) is 15.3 Å². The molecule has 0 aliphatic rings. The van der Waals surface area contributed by atoms with Gasteiger partial charge in [0.2, 0.25) is 0 Å². The molecule has 0 rings (SSSR count). The van der Waals surface area contributed by atoms with Gasteiger partial charge in [-0.2, -0.15) is 0 Å². The van der Waals surface area contributed by atoms with Gasteiger partial charge < -0.3 is 56.1 Å². The molecule has 8 atom stereocenters. The second kappa shape index (κ2) is 10.9. The van der Waals surface area contributed by atoms with Crippen LogP contribution in [0.1, 0.15) is 0 Å². The third kappa shape index (κ3) is 6.73. The van der Waals surface area contributed by atoms with Gasteiger partial charge in [0.1, 0.15) is 42.9 Å². The van der Waals surface area contributed by atoms with Crippen molar-refractivity contribution in [2.75, 3.05) is 19.8 Å². The molecule has 0 saturated heterocycles. The van der Waals surface area contributed by atoms with Crippen LogP contribution in [0.3, 0.4) is 0 Å². The minimum absolute atomic E-state index is 0.177. The van der Waals surface area contributed by atoms with Gasteiger partial charge in [-0.15, -0.1) is 0 Å². The maximum absolute atomic E-state index is 10.9. The fraction of sp³-hybridized carbons (Fsp3) is 0.917. The highest BCUT2D eigenvalue weighted by molar-refractivity contribution is 5.58. The molecule has 0 fully saturated rings. The van der Waals surface area contributed by atoms with Crippen molar-refractivity contribution in [3.05, 3.63) is 0 Å². The zero-order valence-electron chi connectivity index (χ0n) is 12.3. The monoisotopic (exact) mass is 343 g/mol. The molecular weight excluding hydrogens is 318 g/mol. The van der Waals surface area contributed by atoms with Crippen LogP contribution in [-0.4, -0.2) is 121 Å². The Morgan fingerprint density at radius 2 is 1.09 bits per heavy atom. The molecule has 10 N–H and O–H groups in total. The molecule has 0 amide bonds. The number of aliphatic hydroxyl groups excluding tert-OH is 9. The van der Waals surface area contributed by atoms with Crippen LogP contribution < -0.4 is 5.32 Å². The Morgan fingerprint density at radius 3 is 1.48 bits per heavy atom. The summed E-state index contributed by atoms with van der Waals surface area (Å²) in [6.45, 7) is -2.23. The Morgan fingerprint density at radius 1 is 0.696 bits per heavy atom. The van der Waals surface area contributed by atoms with Gasteiger partial charge in [-0.25, -0.2) is 0 Å². The average molecular weight is 343 g/mol. The SMILES string of the molecule is O=C[C@H](NC[C@H](O)[C@@H](O)[C@H](O)[C@H](O)CO)[C@@H](O)[C@H](O)[C@H](O)CO. The predicted octanol–water partition coefficient (Wildman–Crippen LogP) is -6.35. The molecule has 0 aromatic rings. The van der Waals surface area contributed by atoms with Gasteiger partial charge in [0.15, 0.2) is 0 Å². The first kappa shape index (κ1) is 22.3. The van der Waals surface area contributed by atoms with Gasteiger partial charge in [0, 0.05) is 6.54 Å². The standard InChI is InChI=1S/C12H25NO10/c14-2-5(9(20)11(22)7(18)3-15)13-1-6(17)10(21)12(23)8(19)4-16/h2,5-13,15-23H,1,3-4H2/t5-,6-,7+,8+,9+,10+,11+,12+/m0/s1. The van der Waals surface area contributed by atoms with Gasteiger partial charge in [-0.1, -0.05) is 0 Å². The Bertz CT molecular complexity index is 333. The number of carbonyl (C=O) groups is 1. The molecule has 11 heteroatoms. The summed E-state index contributed by atoms with van der Waals surface area (Å²) in [5.41, 5.74) is 0. The van der Waals surface area contributed by atoms with E-state index in [0.29, 0.717) is 0 Å². The van der Waals surface area contributed by atoms with Crippen LogP contribution >= 0.6 is 0 Å². The number of hydrogen-bond donors (Lipinski definition) is 10. The highest BCUT2D eigenvalue weighted by Gasteiger charge is 2.33. The molecule has 0 spiro atoms. The van der Waals surface area contributed by atoms with E-state index in [1.54, 1.807) is 0 Å². The number of aliphatic hydroxyl groups is 9. The zero-order valence-corrected chi connectivity index (χ0v) is 12.3. The summed E-state index contributed by atoms with van der Waals surface area (Å²) in [6.07, 6.45) is -12.2. The lowest BCUT2D eigenvalue weighted by Crippen LogP contribution is -2.55. The lowest BCUT2D eigenvalue weighted by molar-refractivity contribution is -0.124. The quantitative estimate of drug-likeness (QED) is 0.150. The summed E-state index contributed by atoms with van der Waals surface area (Å²) < 4.78 is 0. The fourth-order valence-corrected chi connectivity index (χ4v) is 1.74. The van der Waals surface area contributed by atoms with E-state index in [1.807, 2.05) is 0 Å². The summed E-state index contributed by atoms with van der Waals surface area (Å²) in [5.74, 6) is 0. The lowest BCUT2D eigenvalue weighted by atomic mass is 10.0. The van der Waals surface area contributed by atoms with Crippen molar-refractivity contribution in [2.24, 2.45) is 0 Å². The van der Waals surface area contributed by atoms with Gasteiger partial charge in [0.05, 0.1) is 25.4 Å². The first-order valence-electron chi connectivity index (χ1n) is 6.88. The molecule has 0 bridgehead atoms. The molecule has 0 aliphatic heterocycles. The molecular formula is C12H25NO10. The van der Waals surface area contributed by atoms with Gasteiger partial charge in [-0.3, -0.25) is 0 Å². The second-order valence-corrected chi connectivity index (χ2v) is 5.10. The van der Waals surface area contributed by atoms with Crippen LogP contribution in [0.2, 0.25) is 0 Å². The molecule has 0 radical (unpaired) electrons. The van der Waals surface area contributed by atoms with Crippen LogP contribution in [0.15, 0.2) is 0 Å². The van der Waals surface area contributed by atoms with Crippen molar-refractivity contribution in [2.45, 2.75) is 48.8 Å². The van der Waals surface area contributed by atoms with E-state index in [-0.39, 0.29) is 6.29 Å². The third-order valence-corrected chi connectivity index (χ3v) is 3.33. The molecule has 0 heterocycles. The van der Waals surface area contributed by atoms with Crippen LogP contribution in [0.4, 0.5) is 0 Å². The Labute approximate surface area is 132 Å². The minimum Gasteiger partial charge on any atom is -0.394 e. The van der Waals surface area contributed by atoms with Gasteiger partial charge in [0.25, 0.3) is 0 Å². The van der Waals surface area contributed by atoms with Crippen LogP contribution in [-0.2, 0) is 4.79 Å². The maximum atomic E-state index is 10.9. The van der Waals surface area contributed by atoms with Crippen molar-refractivity contribution in [1.29, 1.82) is 0 Å². The van der Waals surface area contributed by atoms with E-state index in [9.17, 15) is 35.4 Å². The summed E-state index contributed by atoms with van der Waals surface area (Å²) in [4.78, 5) is 10.9. The Balaban J connectivity index is 4.57. The predicted molar refractivity (Wildman–Crippen MR) is 74.1 cm³/mol. The molecule has 11 nitrogen and oxygen atoms in total. The Kier molecular flexibility index (Phi) is 10.6. The second-order valence-electron chi connectivity index (χ2n) is 5.10. The lowest BCUT2D eigenvalue weighted by Gasteiger charge is -2.29. The molecule has 0 aliphatic carbocycles. The highest BCUT2D eigenvalue weighted by Crippen LogP contribution is 2.07. The topological polar surface area (TPSA) is 211 Å². The van der Waals surface area contributed by atoms with Crippen molar-refractivity contribution in [1.82, 2.24) is 5.32 Å². The molecule has 0 aromatic carbocycles. The summed E-state index contributed by atoms with van der Waals surface area (Å²) >= 11 is 0. The van der Waals surface area contributed by atoms with E-state index < -0.39 is 68.5 Å². The largest absolute Gasteiger partial charge is 0.394 e. The van der Waals surface area contributed by atoms with Crippen molar-refractivity contribution < 1.29 is 50.8 Å². The number of carbonyl (C=O) groups excluding carboxylic acids is 1. The first-order valence-corrected chi connectivity index (χ1v) is 6.88.